The highest BCUT2D eigenvalue weighted by molar-refractivity contribution is 7.00. The zero-order valence-corrected chi connectivity index (χ0v) is 31.7. The van der Waals surface area contributed by atoms with Crippen LogP contribution in [0.5, 0.6) is 0 Å². The summed E-state index contributed by atoms with van der Waals surface area (Å²) in [5, 5.41) is 2.52. The van der Waals surface area contributed by atoms with Crippen molar-refractivity contribution < 1.29 is 0 Å². The quantitative estimate of drug-likeness (QED) is 0.163. The molecular formula is C54H36BN3. The van der Waals surface area contributed by atoms with Crippen molar-refractivity contribution in [1.82, 2.24) is 4.57 Å². The molecule has 270 valence electrons. The Balaban J connectivity index is 0.975. The molecule has 2 aliphatic rings. The molecule has 2 aliphatic heterocycles. The van der Waals surface area contributed by atoms with Gasteiger partial charge < -0.3 is 14.4 Å². The molecule has 0 atom stereocenters. The first-order valence-electron chi connectivity index (χ1n) is 20.1. The van der Waals surface area contributed by atoms with Crippen molar-refractivity contribution >= 4 is 79.0 Å². The summed E-state index contributed by atoms with van der Waals surface area (Å²) in [6, 6.07) is 79.9. The van der Waals surface area contributed by atoms with Crippen molar-refractivity contribution in [3.63, 3.8) is 0 Å². The van der Waals surface area contributed by atoms with E-state index in [1.807, 2.05) is 0 Å². The van der Waals surface area contributed by atoms with Gasteiger partial charge in [0.15, 0.2) is 0 Å². The standard InChI is InChI=1S/C54H36BN3/c1-4-15-41(16-5-1)56-48-23-12-10-21-44(48)45-35-39(32-34-49(45)56)37-27-29-38(30-28-37)40-31-33-47-53(36-40)58(43-19-8-3-9-20-43)52-26-14-25-51-54(52)55(47)46-22-11-13-24-50(46)57(51)42-17-6-2-7-18-42/h1-36H. The van der Waals surface area contributed by atoms with E-state index in [1.54, 1.807) is 0 Å². The highest BCUT2D eigenvalue weighted by atomic mass is 15.2. The Labute approximate surface area is 338 Å². The number of rotatable bonds is 5. The predicted molar refractivity (Wildman–Crippen MR) is 246 cm³/mol. The van der Waals surface area contributed by atoms with Gasteiger partial charge in [-0.25, -0.2) is 0 Å². The van der Waals surface area contributed by atoms with Crippen molar-refractivity contribution in [3.05, 3.63) is 218 Å². The zero-order valence-electron chi connectivity index (χ0n) is 31.7. The molecule has 0 radical (unpaired) electrons. The Hall–Kier alpha value is -7.56. The molecule has 4 heteroatoms. The molecule has 0 bridgehead atoms. The Morgan fingerprint density at radius 1 is 0.293 bits per heavy atom. The third-order valence-electron chi connectivity index (χ3n) is 12.2. The highest BCUT2D eigenvalue weighted by Gasteiger charge is 2.43. The Kier molecular flexibility index (Phi) is 7.33. The first kappa shape index (κ1) is 32.7. The number of aromatic nitrogens is 1. The maximum Gasteiger partial charge on any atom is 0.252 e. The van der Waals surface area contributed by atoms with Gasteiger partial charge in [-0.2, -0.15) is 0 Å². The molecule has 58 heavy (non-hydrogen) atoms. The van der Waals surface area contributed by atoms with E-state index in [-0.39, 0.29) is 6.71 Å². The molecule has 9 aromatic carbocycles. The molecule has 0 fully saturated rings. The summed E-state index contributed by atoms with van der Waals surface area (Å²) < 4.78 is 2.37. The van der Waals surface area contributed by atoms with Crippen molar-refractivity contribution in [2.45, 2.75) is 0 Å². The van der Waals surface area contributed by atoms with Crippen molar-refractivity contribution in [2.24, 2.45) is 0 Å². The normalized spacial score (nSPS) is 12.7. The summed E-state index contributed by atoms with van der Waals surface area (Å²) in [6.07, 6.45) is 0. The van der Waals surface area contributed by atoms with Crippen LogP contribution in [-0.2, 0) is 0 Å². The number of hydrogen-bond donors (Lipinski definition) is 0. The number of hydrogen-bond acceptors (Lipinski definition) is 2. The summed E-state index contributed by atoms with van der Waals surface area (Å²) in [6.45, 7) is 0.0940. The van der Waals surface area contributed by atoms with Gasteiger partial charge in [0.2, 0.25) is 0 Å². The van der Waals surface area contributed by atoms with E-state index in [0.717, 1.165) is 11.4 Å². The molecule has 3 nitrogen and oxygen atoms in total. The lowest BCUT2D eigenvalue weighted by molar-refractivity contribution is 1.18. The molecular weight excluding hydrogens is 701 g/mol. The molecule has 0 amide bonds. The van der Waals surface area contributed by atoms with Crippen molar-refractivity contribution in [1.29, 1.82) is 0 Å². The lowest BCUT2D eigenvalue weighted by Gasteiger charge is -2.44. The van der Waals surface area contributed by atoms with Crippen LogP contribution in [0, 0.1) is 0 Å². The van der Waals surface area contributed by atoms with Crippen LogP contribution in [0.3, 0.4) is 0 Å². The number of fused-ring (bicyclic) bond motifs is 7. The monoisotopic (exact) mass is 737 g/mol. The summed E-state index contributed by atoms with van der Waals surface area (Å²) in [5.41, 5.74) is 19.6. The maximum absolute atomic E-state index is 2.47. The molecule has 10 aromatic rings. The number of benzene rings is 9. The Bertz CT molecular complexity index is 3170. The van der Waals surface area contributed by atoms with Crippen LogP contribution in [0.2, 0.25) is 0 Å². The molecule has 0 N–H and O–H groups in total. The third-order valence-corrected chi connectivity index (χ3v) is 12.2. The van der Waals surface area contributed by atoms with Crippen LogP contribution < -0.4 is 26.2 Å². The fraction of sp³-hybridized carbons (Fsp3) is 0. The van der Waals surface area contributed by atoms with Gasteiger partial charge in [-0.1, -0.05) is 140 Å². The first-order chi connectivity index (χ1) is 28.8. The van der Waals surface area contributed by atoms with Crippen LogP contribution in [0.1, 0.15) is 0 Å². The zero-order chi connectivity index (χ0) is 38.2. The van der Waals surface area contributed by atoms with Gasteiger partial charge in [-0.05, 0) is 118 Å². The minimum Gasteiger partial charge on any atom is -0.311 e. The van der Waals surface area contributed by atoms with E-state index >= 15 is 0 Å². The molecule has 0 saturated heterocycles. The van der Waals surface area contributed by atoms with Gasteiger partial charge in [0.25, 0.3) is 6.71 Å². The minimum absolute atomic E-state index is 0.0940. The molecule has 0 aliphatic carbocycles. The fourth-order valence-electron chi connectivity index (χ4n) is 9.63. The second-order valence-corrected chi connectivity index (χ2v) is 15.3. The average molecular weight is 738 g/mol. The maximum atomic E-state index is 2.47. The summed E-state index contributed by atoms with van der Waals surface area (Å²) >= 11 is 0. The van der Waals surface area contributed by atoms with Gasteiger partial charge in [0, 0.05) is 50.6 Å². The van der Waals surface area contributed by atoms with E-state index in [0.29, 0.717) is 0 Å². The van der Waals surface area contributed by atoms with E-state index < -0.39 is 0 Å². The summed E-state index contributed by atoms with van der Waals surface area (Å²) in [4.78, 5) is 4.91. The second-order valence-electron chi connectivity index (χ2n) is 15.3. The van der Waals surface area contributed by atoms with Crippen molar-refractivity contribution in [2.75, 3.05) is 9.80 Å². The van der Waals surface area contributed by atoms with Gasteiger partial charge in [-0.3, -0.25) is 0 Å². The number of anilines is 6. The predicted octanol–water partition coefficient (Wildman–Crippen LogP) is 12.2. The largest absolute Gasteiger partial charge is 0.311 e. The number of nitrogens with zero attached hydrogens (tertiary/aromatic N) is 3. The van der Waals surface area contributed by atoms with Gasteiger partial charge >= 0.3 is 0 Å². The van der Waals surface area contributed by atoms with Crippen molar-refractivity contribution in [3.8, 4) is 27.9 Å². The number of para-hydroxylation sites is 5. The molecule has 12 rings (SSSR count). The molecule has 0 unspecified atom stereocenters. The smallest absolute Gasteiger partial charge is 0.252 e. The second kappa shape index (κ2) is 13.0. The topological polar surface area (TPSA) is 11.4 Å². The van der Waals surface area contributed by atoms with Crippen LogP contribution in [-0.4, -0.2) is 11.3 Å². The summed E-state index contributed by atoms with van der Waals surface area (Å²) in [7, 11) is 0. The Morgan fingerprint density at radius 3 is 1.47 bits per heavy atom. The van der Waals surface area contributed by atoms with Gasteiger partial charge in [0.05, 0.1) is 11.0 Å². The lowest BCUT2D eigenvalue weighted by Crippen LogP contribution is -2.61. The first-order valence-corrected chi connectivity index (χ1v) is 20.1. The van der Waals surface area contributed by atoms with E-state index in [2.05, 4.69) is 233 Å². The SMILES string of the molecule is c1ccc(N2c3ccccc3B3c4ccc(-c5ccc(-c6ccc7c(c6)c6ccccc6n7-c6ccccc6)cc5)cc4N(c4ccccc4)c4cccc2c43)cc1. The van der Waals surface area contributed by atoms with E-state index in [9.17, 15) is 0 Å². The highest BCUT2D eigenvalue weighted by Crippen LogP contribution is 2.44. The van der Waals surface area contributed by atoms with E-state index in [1.165, 1.54) is 88.9 Å². The van der Waals surface area contributed by atoms with Crippen LogP contribution in [0.25, 0.3) is 49.7 Å². The van der Waals surface area contributed by atoms with Crippen LogP contribution >= 0.6 is 0 Å². The fourth-order valence-corrected chi connectivity index (χ4v) is 9.63. The van der Waals surface area contributed by atoms with E-state index in [4.69, 9.17) is 0 Å². The molecule has 0 saturated carbocycles. The van der Waals surface area contributed by atoms with Crippen LogP contribution in [0.4, 0.5) is 34.1 Å². The Morgan fingerprint density at radius 2 is 0.776 bits per heavy atom. The molecule has 3 heterocycles. The van der Waals surface area contributed by atoms with Gasteiger partial charge in [-0.15, -0.1) is 0 Å². The van der Waals surface area contributed by atoms with Gasteiger partial charge in [0.1, 0.15) is 0 Å². The average Bonchev–Trinajstić information content (AvgIpc) is 3.63. The minimum atomic E-state index is 0.0940. The third kappa shape index (κ3) is 4.95. The molecule has 1 aromatic heterocycles. The van der Waals surface area contributed by atoms with Crippen LogP contribution in [0.15, 0.2) is 218 Å². The molecule has 0 spiro atoms. The summed E-state index contributed by atoms with van der Waals surface area (Å²) in [5.74, 6) is 0. The lowest BCUT2D eigenvalue weighted by atomic mass is 9.33.